The van der Waals surface area contributed by atoms with E-state index in [0.717, 1.165) is 25.2 Å². The molecule has 0 unspecified atom stereocenters. The molecule has 0 bridgehead atoms. The minimum atomic E-state index is -0.449. The summed E-state index contributed by atoms with van der Waals surface area (Å²) in [5.41, 5.74) is 5.34. The van der Waals surface area contributed by atoms with E-state index >= 15 is 0 Å². The third-order valence-corrected chi connectivity index (χ3v) is 4.00. The van der Waals surface area contributed by atoms with Crippen LogP contribution >= 0.6 is 0 Å². The maximum Gasteiger partial charge on any atom is 0.227 e. The highest BCUT2D eigenvalue weighted by atomic mass is 16.2. The van der Waals surface area contributed by atoms with Crippen LogP contribution in [0, 0.1) is 11.3 Å². The Balaban J connectivity index is 2.67. The van der Waals surface area contributed by atoms with Crippen LogP contribution in [-0.4, -0.2) is 22.0 Å². The fourth-order valence-corrected chi connectivity index (χ4v) is 2.37. The highest BCUT2D eigenvalue weighted by Gasteiger charge is 2.33. The molecular formula is C15H28N4O. The number of nitrogens with two attached hydrogens (primary N) is 1. The Morgan fingerprint density at radius 2 is 2.10 bits per heavy atom. The van der Waals surface area contributed by atoms with Gasteiger partial charge in [0.15, 0.2) is 0 Å². The SMILES string of the molecule is CCC(CC)(CN)C(=O)NCc1nccn1CC(C)C. The molecule has 0 aromatic carbocycles. The lowest BCUT2D eigenvalue weighted by Gasteiger charge is -2.28. The fraction of sp³-hybridized carbons (Fsp3) is 0.733. The number of amides is 1. The number of hydrogen-bond donors (Lipinski definition) is 2. The summed E-state index contributed by atoms with van der Waals surface area (Å²) in [6.07, 6.45) is 5.25. The monoisotopic (exact) mass is 280 g/mol. The van der Waals surface area contributed by atoms with Crippen LogP contribution in [0.4, 0.5) is 0 Å². The van der Waals surface area contributed by atoms with Gasteiger partial charge in [-0.2, -0.15) is 0 Å². The molecule has 0 aliphatic rings. The van der Waals surface area contributed by atoms with E-state index in [4.69, 9.17) is 5.73 Å². The van der Waals surface area contributed by atoms with Crippen LogP contribution in [0.3, 0.4) is 0 Å². The van der Waals surface area contributed by atoms with Gasteiger partial charge in [0.05, 0.1) is 12.0 Å². The van der Waals surface area contributed by atoms with E-state index in [2.05, 4.69) is 28.7 Å². The van der Waals surface area contributed by atoms with Crippen molar-refractivity contribution in [3.8, 4) is 0 Å². The zero-order valence-corrected chi connectivity index (χ0v) is 13.1. The van der Waals surface area contributed by atoms with Crippen LogP contribution in [0.1, 0.15) is 46.4 Å². The lowest BCUT2D eigenvalue weighted by Crippen LogP contribution is -2.45. The van der Waals surface area contributed by atoms with E-state index in [1.54, 1.807) is 6.20 Å². The third kappa shape index (κ3) is 3.82. The molecule has 1 aromatic heterocycles. The number of hydrogen-bond acceptors (Lipinski definition) is 3. The molecule has 0 aliphatic carbocycles. The van der Waals surface area contributed by atoms with Crippen LogP contribution in [0.2, 0.25) is 0 Å². The van der Waals surface area contributed by atoms with Crippen LogP contribution in [0.5, 0.6) is 0 Å². The predicted octanol–water partition coefficient (Wildman–Crippen LogP) is 1.92. The first-order valence-electron chi connectivity index (χ1n) is 7.47. The number of aromatic nitrogens is 2. The normalized spacial score (nSPS) is 11.9. The summed E-state index contributed by atoms with van der Waals surface area (Å²) >= 11 is 0. The number of carbonyl (C=O) groups is 1. The molecule has 1 amide bonds. The van der Waals surface area contributed by atoms with Crippen molar-refractivity contribution in [2.45, 2.75) is 53.6 Å². The van der Waals surface area contributed by atoms with Gasteiger partial charge in [0.25, 0.3) is 0 Å². The minimum absolute atomic E-state index is 0.0316. The van der Waals surface area contributed by atoms with E-state index in [-0.39, 0.29) is 5.91 Å². The van der Waals surface area contributed by atoms with Crippen LogP contribution in [0.25, 0.3) is 0 Å². The largest absolute Gasteiger partial charge is 0.348 e. The second kappa shape index (κ2) is 7.43. The van der Waals surface area contributed by atoms with Gasteiger partial charge < -0.3 is 15.6 Å². The fourth-order valence-electron chi connectivity index (χ4n) is 2.37. The molecule has 0 saturated heterocycles. The number of rotatable bonds is 8. The van der Waals surface area contributed by atoms with Gasteiger partial charge in [-0.1, -0.05) is 27.7 Å². The Morgan fingerprint density at radius 1 is 1.45 bits per heavy atom. The Kier molecular flexibility index (Phi) is 6.20. The molecule has 5 nitrogen and oxygen atoms in total. The molecule has 0 saturated carbocycles. The average molecular weight is 280 g/mol. The van der Waals surface area contributed by atoms with Crippen molar-refractivity contribution in [1.29, 1.82) is 0 Å². The van der Waals surface area contributed by atoms with Crippen molar-refractivity contribution in [2.24, 2.45) is 17.1 Å². The second-order valence-corrected chi connectivity index (χ2v) is 5.76. The highest BCUT2D eigenvalue weighted by Crippen LogP contribution is 2.25. The van der Waals surface area contributed by atoms with Gasteiger partial charge in [-0.3, -0.25) is 4.79 Å². The van der Waals surface area contributed by atoms with Crippen LogP contribution in [-0.2, 0) is 17.9 Å². The Hall–Kier alpha value is -1.36. The summed E-state index contributed by atoms with van der Waals surface area (Å²) in [6, 6.07) is 0. The molecule has 0 spiro atoms. The smallest absolute Gasteiger partial charge is 0.227 e. The predicted molar refractivity (Wildman–Crippen MR) is 81.0 cm³/mol. The zero-order chi connectivity index (χ0) is 15.2. The van der Waals surface area contributed by atoms with Gasteiger partial charge in [0, 0.05) is 25.5 Å². The first-order chi connectivity index (χ1) is 9.49. The molecule has 1 aromatic rings. The summed E-state index contributed by atoms with van der Waals surface area (Å²) in [6.45, 7) is 10.1. The maximum absolute atomic E-state index is 12.4. The Bertz CT molecular complexity index is 413. The quantitative estimate of drug-likeness (QED) is 0.764. The van der Waals surface area contributed by atoms with Crippen molar-refractivity contribution in [3.05, 3.63) is 18.2 Å². The Labute approximate surface area is 122 Å². The molecule has 114 valence electrons. The molecule has 0 fully saturated rings. The van der Waals surface area contributed by atoms with Crippen molar-refractivity contribution < 1.29 is 4.79 Å². The van der Waals surface area contributed by atoms with E-state index in [1.807, 2.05) is 20.0 Å². The van der Waals surface area contributed by atoms with Crippen molar-refractivity contribution in [1.82, 2.24) is 14.9 Å². The van der Waals surface area contributed by atoms with E-state index in [1.165, 1.54) is 0 Å². The lowest BCUT2D eigenvalue weighted by atomic mass is 9.81. The molecule has 0 atom stereocenters. The van der Waals surface area contributed by atoms with Crippen molar-refractivity contribution >= 4 is 5.91 Å². The van der Waals surface area contributed by atoms with Gasteiger partial charge in [-0.15, -0.1) is 0 Å². The molecule has 1 rings (SSSR count). The average Bonchev–Trinajstić information content (AvgIpc) is 2.85. The minimum Gasteiger partial charge on any atom is -0.348 e. The number of nitrogens with zero attached hydrogens (tertiary/aromatic N) is 2. The van der Waals surface area contributed by atoms with Crippen molar-refractivity contribution in [3.63, 3.8) is 0 Å². The van der Waals surface area contributed by atoms with Gasteiger partial charge in [0.2, 0.25) is 5.91 Å². The molecule has 20 heavy (non-hydrogen) atoms. The van der Waals surface area contributed by atoms with E-state index in [0.29, 0.717) is 19.0 Å². The van der Waals surface area contributed by atoms with Crippen molar-refractivity contribution in [2.75, 3.05) is 6.54 Å². The summed E-state index contributed by atoms with van der Waals surface area (Å²) < 4.78 is 2.09. The summed E-state index contributed by atoms with van der Waals surface area (Å²) in [4.78, 5) is 16.7. The van der Waals surface area contributed by atoms with Crippen LogP contribution in [0.15, 0.2) is 12.4 Å². The van der Waals surface area contributed by atoms with E-state index < -0.39 is 5.41 Å². The summed E-state index contributed by atoms with van der Waals surface area (Å²) in [7, 11) is 0. The van der Waals surface area contributed by atoms with Crippen LogP contribution < -0.4 is 11.1 Å². The molecule has 3 N–H and O–H groups in total. The number of nitrogens with one attached hydrogen (secondary N) is 1. The topological polar surface area (TPSA) is 72.9 Å². The third-order valence-electron chi connectivity index (χ3n) is 4.00. The molecule has 1 heterocycles. The lowest BCUT2D eigenvalue weighted by molar-refractivity contribution is -0.131. The maximum atomic E-state index is 12.4. The molecule has 0 aliphatic heterocycles. The van der Waals surface area contributed by atoms with E-state index in [9.17, 15) is 4.79 Å². The first kappa shape index (κ1) is 16.7. The van der Waals surface area contributed by atoms with Gasteiger partial charge in [0.1, 0.15) is 5.82 Å². The molecular weight excluding hydrogens is 252 g/mol. The van der Waals surface area contributed by atoms with Gasteiger partial charge in [-0.05, 0) is 18.8 Å². The summed E-state index contributed by atoms with van der Waals surface area (Å²) in [5.74, 6) is 1.47. The second-order valence-electron chi connectivity index (χ2n) is 5.76. The molecule has 0 radical (unpaired) electrons. The number of imidazole rings is 1. The molecule has 5 heteroatoms. The highest BCUT2D eigenvalue weighted by molar-refractivity contribution is 5.82. The van der Waals surface area contributed by atoms with Gasteiger partial charge in [-0.25, -0.2) is 4.98 Å². The first-order valence-corrected chi connectivity index (χ1v) is 7.47. The standard InChI is InChI=1S/C15H28N4O/c1-5-15(6-2,11-16)14(20)18-9-13-17-7-8-19(13)10-12(3)4/h7-8,12H,5-6,9-11,16H2,1-4H3,(H,18,20). The van der Waals surface area contributed by atoms with Gasteiger partial charge >= 0.3 is 0 Å². The number of carbonyl (C=O) groups excluding carboxylic acids is 1. The summed E-state index contributed by atoms with van der Waals surface area (Å²) in [5, 5.41) is 2.99. The zero-order valence-electron chi connectivity index (χ0n) is 13.1. The Morgan fingerprint density at radius 3 is 2.60 bits per heavy atom.